The van der Waals surface area contributed by atoms with Crippen LogP contribution in [0.15, 0.2) is 24.3 Å². The van der Waals surface area contributed by atoms with Gasteiger partial charge in [0.15, 0.2) is 9.84 Å². The number of carbonyl (C=O) groups is 1. The highest BCUT2D eigenvalue weighted by Gasteiger charge is 2.27. The number of aryl methyl sites for hydroxylation is 1. The van der Waals surface area contributed by atoms with Crippen molar-refractivity contribution in [3.05, 3.63) is 35.4 Å². The van der Waals surface area contributed by atoms with Crippen LogP contribution in [-0.2, 0) is 14.6 Å². The molecule has 0 aliphatic carbocycles. The van der Waals surface area contributed by atoms with E-state index in [2.05, 4.69) is 24.0 Å². The number of nitrogens with two attached hydrogens (primary N) is 1. The largest absolute Gasteiger partial charge is 0.370 e. The Bertz CT molecular complexity index is 628. The van der Waals surface area contributed by atoms with Crippen molar-refractivity contribution in [3.63, 3.8) is 0 Å². The van der Waals surface area contributed by atoms with Gasteiger partial charge in [-0.05, 0) is 37.4 Å². The molecule has 1 aromatic rings. The number of nitrogens with zero attached hydrogens (tertiary/aromatic N) is 1. The molecule has 2 rings (SSSR count). The van der Waals surface area contributed by atoms with Gasteiger partial charge in [0.1, 0.15) is 0 Å². The molecule has 2 N–H and O–H groups in total. The van der Waals surface area contributed by atoms with Gasteiger partial charge in [-0.2, -0.15) is 0 Å². The van der Waals surface area contributed by atoms with Crippen LogP contribution in [-0.4, -0.2) is 43.8 Å². The smallest absolute Gasteiger partial charge is 0.218 e. The first-order valence-electron chi connectivity index (χ1n) is 7.67. The van der Waals surface area contributed by atoms with E-state index in [-0.39, 0.29) is 17.9 Å². The van der Waals surface area contributed by atoms with Gasteiger partial charge in [0.05, 0.1) is 11.5 Å². The number of benzene rings is 1. The SMILES string of the molecule is Cc1ccccc1[C@@H]1CCCN1CCS(=O)(=O)CCC(N)=O. The number of likely N-dealkylation sites (tertiary alicyclic amines) is 1. The van der Waals surface area contributed by atoms with Crippen molar-refractivity contribution in [2.45, 2.75) is 32.2 Å². The van der Waals surface area contributed by atoms with E-state index >= 15 is 0 Å². The summed E-state index contributed by atoms with van der Waals surface area (Å²) >= 11 is 0. The van der Waals surface area contributed by atoms with Crippen LogP contribution in [0.1, 0.15) is 36.4 Å². The van der Waals surface area contributed by atoms with Crippen molar-refractivity contribution >= 4 is 15.7 Å². The summed E-state index contributed by atoms with van der Waals surface area (Å²) in [4.78, 5) is 13.0. The van der Waals surface area contributed by atoms with E-state index in [0.717, 1.165) is 19.4 Å². The van der Waals surface area contributed by atoms with Crippen LogP contribution >= 0.6 is 0 Å². The summed E-state index contributed by atoms with van der Waals surface area (Å²) in [7, 11) is -3.22. The molecule has 0 aromatic heterocycles. The van der Waals surface area contributed by atoms with Crippen molar-refractivity contribution in [2.24, 2.45) is 5.73 Å². The molecule has 0 bridgehead atoms. The van der Waals surface area contributed by atoms with Gasteiger partial charge in [0, 0.05) is 19.0 Å². The van der Waals surface area contributed by atoms with E-state index < -0.39 is 15.7 Å². The van der Waals surface area contributed by atoms with Gasteiger partial charge in [0.25, 0.3) is 0 Å². The van der Waals surface area contributed by atoms with Gasteiger partial charge >= 0.3 is 0 Å². The first-order chi connectivity index (χ1) is 10.4. The molecule has 0 radical (unpaired) electrons. The van der Waals surface area contributed by atoms with Crippen LogP contribution in [0.3, 0.4) is 0 Å². The third-order valence-electron chi connectivity index (χ3n) is 4.26. The normalized spacial score (nSPS) is 19.4. The molecule has 6 heteroatoms. The number of primary amides is 1. The van der Waals surface area contributed by atoms with E-state index in [1.165, 1.54) is 11.1 Å². The molecule has 1 aromatic carbocycles. The maximum atomic E-state index is 12.0. The lowest BCUT2D eigenvalue weighted by Gasteiger charge is -2.26. The molecule has 122 valence electrons. The van der Waals surface area contributed by atoms with E-state index in [9.17, 15) is 13.2 Å². The highest BCUT2D eigenvalue weighted by Crippen LogP contribution is 2.33. The molecular weight excluding hydrogens is 300 g/mol. The number of carbonyl (C=O) groups excluding carboxylic acids is 1. The quantitative estimate of drug-likeness (QED) is 0.822. The molecule has 5 nitrogen and oxygen atoms in total. The average molecular weight is 324 g/mol. The molecule has 1 amide bonds. The molecule has 1 saturated heterocycles. The Morgan fingerprint density at radius 3 is 2.73 bits per heavy atom. The third-order valence-corrected chi connectivity index (χ3v) is 5.89. The molecule has 1 fully saturated rings. The van der Waals surface area contributed by atoms with E-state index in [4.69, 9.17) is 5.73 Å². The summed E-state index contributed by atoms with van der Waals surface area (Å²) in [5.74, 6) is -0.629. The Balaban J connectivity index is 1.97. The zero-order chi connectivity index (χ0) is 16.2. The summed E-state index contributed by atoms with van der Waals surface area (Å²) in [6.07, 6.45) is 2.05. The van der Waals surface area contributed by atoms with Crippen LogP contribution in [0.25, 0.3) is 0 Å². The second-order valence-electron chi connectivity index (χ2n) is 5.92. The van der Waals surface area contributed by atoms with Gasteiger partial charge < -0.3 is 5.73 Å². The Hall–Kier alpha value is -1.40. The van der Waals surface area contributed by atoms with E-state index in [0.29, 0.717) is 12.6 Å². The molecule has 1 aliphatic heterocycles. The monoisotopic (exact) mass is 324 g/mol. The van der Waals surface area contributed by atoms with E-state index in [1.54, 1.807) is 0 Å². The summed E-state index contributed by atoms with van der Waals surface area (Å²) in [5.41, 5.74) is 7.55. The van der Waals surface area contributed by atoms with Gasteiger partial charge in [-0.15, -0.1) is 0 Å². The van der Waals surface area contributed by atoms with Crippen LogP contribution < -0.4 is 5.73 Å². The van der Waals surface area contributed by atoms with Crippen molar-refractivity contribution in [2.75, 3.05) is 24.6 Å². The number of rotatable bonds is 7. The number of hydrogen-bond acceptors (Lipinski definition) is 4. The lowest BCUT2D eigenvalue weighted by Crippen LogP contribution is -2.31. The summed E-state index contributed by atoms with van der Waals surface area (Å²) < 4.78 is 23.9. The summed E-state index contributed by atoms with van der Waals surface area (Å²) in [6, 6.07) is 8.57. The highest BCUT2D eigenvalue weighted by atomic mass is 32.2. The van der Waals surface area contributed by atoms with Gasteiger partial charge in [-0.1, -0.05) is 24.3 Å². The molecule has 0 saturated carbocycles. The zero-order valence-electron chi connectivity index (χ0n) is 13.0. The lowest BCUT2D eigenvalue weighted by atomic mass is 9.99. The minimum Gasteiger partial charge on any atom is -0.370 e. The first-order valence-corrected chi connectivity index (χ1v) is 9.49. The van der Waals surface area contributed by atoms with Crippen LogP contribution in [0.4, 0.5) is 0 Å². The van der Waals surface area contributed by atoms with Crippen molar-refractivity contribution < 1.29 is 13.2 Å². The second kappa shape index (κ2) is 7.24. The molecule has 1 atom stereocenters. The molecular formula is C16H24N2O3S. The fourth-order valence-electron chi connectivity index (χ4n) is 3.02. The maximum absolute atomic E-state index is 12.0. The Kier molecular flexibility index (Phi) is 5.58. The van der Waals surface area contributed by atoms with Crippen molar-refractivity contribution in [1.82, 2.24) is 4.90 Å². The van der Waals surface area contributed by atoms with Crippen LogP contribution in [0, 0.1) is 6.92 Å². The minimum absolute atomic E-state index is 0.0860. The first kappa shape index (κ1) is 17.0. The minimum atomic E-state index is -3.22. The third kappa shape index (κ3) is 4.55. The predicted molar refractivity (Wildman–Crippen MR) is 87.2 cm³/mol. The fraction of sp³-hybridized carbons (Fsp3) is 0.562. The standard InChI is InChI=1S/C16H24N2O3S/c1-13-5-2-3-6-14(13)15-7-4-9-18(15)10-12-22(20,21)11-8-16(17)19/h2-3,5-6,15H,4,7-12H2,1H3,(H2,17,19)/t15-/m0/s1. The number of amides is 1. The fourth-order valence-corrected chi connectivity index (χ4v) is 4.25. The second-order valence-corrected chi connectivity index (χ2v) is 8.22. The average Bonchev–Trinajstić information content (AvgIpc) is 2.92. The van der Waals surface area contributed by atoms with Crippen LogP contribution in [0.2, 0.25) is 0 Å². The lowest BCUT2D eigenvalue weighted by molar-refractivity contribution is -0.117. The Labute approximate surface area is 132 Å². The zero-order valence-corrected chi connectivity index (χ0v) is 13.8. The van der Waals surface area contributed by atoms with Gasteiger partial charge in [0.2, 0.25) is 5.91 Å². The maximum Gasteiger partial charge on any atom is 0.218 e. The molecule has 1 aliphatic rings. The Morgan fingerprint density at radius 2 is 2.05 bits per heavy atom. The number of hydrogen-bond donors (Lipinski definition) is 1. The van der Waals surface area contributed by atoms with Gasteiger partial charge in [-0.25, -0.2) is 8.42 Å². The molecule has 1 heterocycles. The van der Waals surface area contributed by atoms with Gasteiger partial charge in [-0.3, -0.25) is 9.69 Å². The summed E-state index contributed by atoms with van der Waals surface area (Å²) in [6.45, 7) is 3.53. The predicted octanol–water partition coefficient (Wildman–Crippen LogP) is 1.42. The van der Waals surface area contributed by atoms with E-state index in [1.807, 2.05) is 12.1 Å². The van der Waals surface area contributed by atoms with Crippen molar-refractivity contribution in [3.8, 4) is 0 Å². The molecule has 0 spiro atoms. The topological polar surface area (TPSA) is 80.5 Å². The number of sulfone groups is 1. The molecule has 0 unspecified atom stereocenters. The summed E-state index contributed by atoms with van der Waals surface area (Å²) in [5, 5.41) is 0. The van der Waals surface area contributed by atoms with Crippen molar-refractivity contribution in [1.29, 1.82) is 0 Å². The van der Waals surface area contributed by atoms with Crippen LogP contribution in [0.5, 0.6) is 0 Å². The highest BCUT2D eigenvalue weighted by molar-refractivity contribution is 7.91. The Morgan fingerprint density at radius 1 is 1.32 bits per heavy atom. The molecule has 22 heavy (non-hydrogen) atoms.